The molecule has 0 saturated carbocycles. The van der Waals surface area contributed by atoms with E-state index in [1.807, 2.05) is 30.3 Å². The van der Waals surface area contributed by atoms with E-state index in [9.17, 15) is 24.0 Å². The Morgan fingerprint density at radius 2 is 1.61 bits per heavy atom. The maximum Gasteiger partial charge on any atom is 0.306 e. The number of carbonyl (C=O) groups is 5. The van der Waals surface area contributed by atoms with Gasteiger partial charge in [-0.2, -0.15) is 0 Å². The van der Waals surface area contributed by atoms with Gasteiger partial charge in [-0.25, -0.2) is 0 Å². The van der Waals surface area contributed by atoms with Gasteiger partial charge >= 0.3 is 5.97 Å². The Labute approximate surface area is 196 Å². The van der Waals surface area contributed by atoms with Crippen molar-refractivity contribution in [3.05, 3.63) is 35.9 Å². The fourth-order valence-electron chi connectivity index (χ4n) is 2.90. The summed E-state index contributed by atoms with van der Waals surface area (Å²) in [6.07, 6.45) is 0.159. The molecule has 8 nitrogen and oxygen atoms in total. The van der Waals surface area contributed by atoms with Gasteiger partial charge in [-0.05, 0) is 25.0 Å². The van der Waals surface area contributed by atoms with Gasteiger partial charge in [0.05, 0.1) is 26.1 Å². The van der Waals surface area contributed by atoms with Crippen molar-refractivity contribution < 1.29 is 28.7 Å². The fraction of sp³-hybridized carbons (Fsp3) is 0.542. The fourth-order valence-corrected chi connectivity index (χ4v) is 3.62. The van der Waals surface area contributed by atoms with Crippen LogP contribution in [0.2, 0.25) is 25.7 Å². The van der Waals surface area contributed by atoms with Crippen molar-refractivity contribution in [1.82, 2.24) is 10.6 Å². The number of rotatable bonds is 15. The molecular weight excluding hydrogens is 440 g/mol. The SMILES string of the molecule is CC(=O)CNC(=O)[C@@H](CC(=O)CNC(=O)CCC(=O)OCC[Si](C)(C)C)Cc1ccccc1. The van der Waals surface area contributed by atoms with Crippen molar-refractivity contribution in [2.45, 2.75) is 58.3 Å². The number of Topliss-reactive ketones (excluding diaryl/α,β-unsaturated/α-hetero) is 2. The standard InChI is InChI=1S/C24H36N2O6Si/c1-18(27)16-26-24(31)20(14-19-8-6-5-7-9-19)15-21(28)17-25-22(29)10-11-23(30)32-12-13-33(2,3)4/h5-9,20H,10-17H2,1-4H3,(H,25,29)(H,26,31)/t20-/m1/s1. The van der Waals surface area contributed by atoms with Gasteiger partial charge in [0.2, 0.25) is 11.8 Å². The second-order valence-corrected chi connectivity index (χ2v) is 15.0. The Kier molecular flexibility index (Phi) is 12.3. The van der Waals surface area contributed by atoms with E-state index in [1.165, 1.54) is 6.92 Å². The average Bonchev–Trinajstić information content (AvgIpc) is 2.74. The van der Waals surface area contributed by atoms with Gasteiger partial charge in [0.15, 0.2) is 5.78 Å². The maximum absolute atomic E-state index is 12.5. The zero-order chi connectivity index (χ0) is 24.9. The van der Waals surface area contributed by atoms with Crippen LogP contribution in [0.3, 0.4) is 0 Å². The molecule has 0 heterocycles. The summed E-state index contributed by atoms with van der Waals surface area (Å²) < 4.78 is 5.15. The van der Waals surface area contributed by atoms with Crippen molar-refractivity contribution >= 4 is 37.4 Å². The van der Waals surface area contributed by atoms with Crippen LogP contribution >= 0.6 is 0 Å². The van der Waals surface area contributed by atoms with E-state index in [0.717, 1.165) is 11.6 Å². The van der Waals surface area contributed by atoms with Crippen LogP contribution in [0.15, 0.2) is 30.3 Å². The average molecular weight is 477 g/mol. The van der Waals surface area contributed by atoms with Crippen molar-refractivity contribution in [2.24, 2.45) is 5.92 Å². The van der Waals surface area contributed by atoms with E-state index in [4.69, 9.17) is 4.74 Å². The minimum Gasteiger partial charge on any atom is -0.466 e. The molecule has 0 aliphatic carbocycles. The van der Waals surface area contributed by atoms with Crippen LogP contribution in [0.1, 0.15) is 31.7 Å². The molecule has 0 spiro atoms. The van der Waals surface area contributed by atoms with Crippen LogP contribution in [-0.4, -0.2) is 57.1 Å². The Bertz CT molecular complexity index is 820. The van der Waals surface area contributed by atoms with Gasteiger partial charge in [0, 0.05) is 26.8 Å². The van der Waals surface area contributed by atoms with Crippen molar-refractivity contribution in [3.8, 4) is 0 Å². The molecule has 0 fully saturated rings. The number of ketones is 2. The van der Waals surface area contributed by atoms with Crippen molar-refractivity contribution in [1.29, 1.82) is 0 Å². The number of ether oxygens (including phenoxy) is 1. The second kappa shape index (κ2) is 14.4. The highest BCUT2D eigenvalue weighted by Gasteiger charge is 2.23. The summed E-state index contributed by atoms with van der Waals surface area (Å²) in [5.74, 6) is -2.38. The molecule has 9 heteroatoms. The highest BCUT2D eigenvalue weighted by atomic mass is 28.3. The summed E-state index contributed by atoms with van der Waals surface area (Å²) in [5, 5.41) is 5.06. The number of benzene rings is 1. The molecule has 0 bridgehead atoms. The number of hydrogen-bond acceptors (Lipinski definition) is 6. The Hall–Kier alpha value is -2.81. The summed E-state index contributed by atoms with van der Waals surface area (Å²) in [5.41, 5.74) is 0.893. The zero-order valence-corrected chi connectivity index (χ0v) is 21.1. The quantitative estimate of drug-likeness (QED) is 0.296. The zero-order valence-electron chi connectivity index (χ0n) is 20.1. The molecular formula is C24H36N2O6Si. The molecule has 0 radical (unpaired) electrons. The smallest absolute Gasteiger partial charge is 0.306 e. The molecule has 1 rings (SSSR count). The van der Waals surface area contributed by atoms with Crippen LogP contribution in [0, 0.1) is 5.92 Å². The van der Waals surface area contributed by atoms with Crippen molar-refractivity contribution in [2.75, 3.05) is 19.7 Å². The molecule has 33 heavy (non-hydrogen) atoms. The first-order chi connectivity index (χ1) is 15.5. The summed E-state index contributed by atoms with van der Waals surface area (Å²) in [6.45, 7) is 7.96. The summed E-state index contributed by atoms with van der Waals surface area (Å²) in [7, 11) is -1.29. The molecule has 182 valence electrons. The predicted octanol–water partition coefficient (Wildman–Crippen LogP) is 2.29. The first-order valence-electron chi connectivity index (χ1n) is 11.2. The number of carbonyl (C=O) groups excluding carboxylic acids is 5. The van der Waals surface area contributed by atoms with Gasteiger partial charge in [0.25, 0.3) is 0 Å². The largest absolute Gasteiger partial charge is 0.466 e. The highest BCUT2D eigenvalue weighted by molar-refractivity contribution is 6.76. The third kappa shape index (κ3) is 14.0. The summed E-state index contributed by atoms with van der Waals surface area (Å²) in [4.78, 5) is 59.8. The van der Waals surface area contributed by atoms with Crippen LogP contribution in [-0.2, 0) is 35.1 Å². The van der Waals surface area contributed by atoms with Crippen molar-refractivity contribution in [3.63, 3.8) is 0 Å². The molecule has 0 saturated heterocycles. The molecule has 2 amide bonds. The summed E-state index contributed by atoms with van der Waals surface area (Å²) >= 11 is 0. The predicted molar refractivity (Wildman–Crippen MR) is 128 cm³/mol. The molecule has 0 aliphatic heterocycles. The Morgan fingerprint density at radius 1 is 0.939 bits per heavy atom. The lowest BCUT2D eigenvalue weighted by molar-refractivity contribution is -0.144. The van der Waals surface area contributed by atoms with Gasteiger partial charge in [-0.3, -0.25) is 24.0 Å². The van der Waals surface area contributed by atoms with Crippen LogP contribution in [0.4, 0.5) is 0 Å². The normalized spacial score (nSPS) is 11.9. The lowest BCUT2D eigenvalue weighted by Gasteiger charge is -2.16. The number of nitrogens with one attached hydrogen (secondary N) is 2. The van der Waals surface area contributed by atoms with E-state index in [-0.39, 0.29) is 49.8 Å². The first-order valence-corrected chi connectivity index (χ1v) is 14.9. The number of esters is 1. The number of amides is 2. The highest BCUT2D eigenvalue weighted by Crippen LogP contribution is 2.13. The lowest BCUT2D eigenvalue weighted by atomic mass is 9.93. The summed E-state index contributed by atoms with van der Waals surface area (Å²) in [6, 6.07) is 10.1. The van der Waals surface area contributed by atoms with Crippen LogP contribution < -0.4 is 10.6 Å². The van der Waals surface area contributed by atoms with Gasteiger partial charge < -0.3 is 15.4 Å². The third-order valence-electron chi connectivity index (χ3n) is 4.84. The molecule has 1 atom stereocenters. The first kappa shape index (κ1) is 28.2. The molecule has 1 aromatic rings. The molecule has 1 aromatic carbocycles. The molecule has 0 unspecified atom stereocenters. The molecule has 0 aromatic heterocycles. The monoisotopic (exact) mass is 476 g/mol. The van der Waals surface area contributed by atoms with Crippen LogP contribution in [0.5, 0.6) is 0 Å². The van der Waals surface area contributed by atoms with E-state index in [0.29, 0.717) is 13.0 Å². The maximum atomic E-state index is 12.5. The van der Waals surface area contributed by atoms with E-state index in [1.54, 1.807) is 0 Å². The van der Waals surface area contributed by atoms with E-state index < -0.39 is 25.9 Å². The Morgan fingerprint density at radius 3 is 2.21 bits per heavy atom. The third-order valence-corrected chi connectivity index (χ3v) is 6.54. The molecule has 2 N–H and O–H groups in total. The van der Waals surface area contributed by atoms with E-state index >= 15 is 0 Å². The topological polar surface area (TPSA) is 119 Å². The van der Waals surface area contributed by atoms with Gasteiger partial charge in [-0.15, -0.1) is 0 Å². The minimum absolute atomic E-state index is 0.0458. The molecule has 0 aliphatic rings. The number of hydrogen-bond donors (Lipinski definition) is 2. The lowest BCUT2D eigenvalue weighted by Crippen LogP contribution is -2.38. The van der Waals surface area contributed by atoms with Gasteiger partial charge in [-0.1, -0.05) is 50.0 Å². The minimum atomic E-state index is -1.29. The van der Waals surface area contributed by atoms with Crippen LogP contribution in [0.25, 0.3) is 0 Å². The van der Waals surface area contributed by atoms with E-state index in [2.05, 4.69) is 30.3 Å². The van der Waals surface area contributed by atoms with Gasteiger partial charge in [0.1, 0.15) is 5.78 Å². The Balaban J connectivity index is 2.47. The second-order valence-electron chi connectivity index (χ2n) is 9.36.